The molecule has 126 valence electrons. The number of carboxylic acid groups (broad SMARTS) is 1. The van der Waals surface area contributed by atoms with Crippen LogP contribution in [-0.2, 0) is 6.18 Å². The molecule has 0 bridgehead atoms. The molecule has 1 aliphatic heterocycles. The summed E-state index contributed by atoms with van der Waals surface area (Å²) in [7, 11) is 0. The highest BCUT2D eigenvalue weighted by Crippen LogP contribution is 2.38. The highest BCUT2D eigenvalue weighted by molar-refractivity contribution is 6.23. The van der Waals surface area contributed by atoms with Crippen LogP contribution in [0.1, 0.15) is 26.5 Å². The van der Waals surface area contributed by atoms with Crippen LogP contribution in [0.3, 0.4) is 0 Å². The number of nitrogens with zero attached hydrogens (tertiary/aromatic N) is 4. The highest BCUT2D eigenvalue weighted by Gasteiger charge is 2.41. The normalized spacial score (nSPS) is 13.3. The van der Waals surface area contributed by atoms with Gasteiger partial charge in [-0.1, -0.05) is 0 Å². The van der Waals surface area contributed by atoms with Crippen LogP contribution in [0.25, 0.3) is 16.6 Å². The van der Waals surface area contributed by atoms with E-state index in [1.54, 1.807) is 0 Å². The quantitative estimate of drug-likeness (QED) is 0.733. The Bertz CT molecular complexity index is 1070. The number of nitrogens with one attached hydrogen (secondary N) is 1. The van der Waals surface area contributed by atoms with Gasteiger partial charge in [0.25, 0.3) is 5.91 Å². The molecule has 0 spiro atoms. The number of anilines is 1. The predicted octanol–water partition coefficient (Wildman–Crippen LogP) is 2.10. The van der Waals surface area contributed by atoms with Gasteiger partial charge in [0.1, 0.15) is 23.1 Å². The zero-order valence-corrected chi connectivity index (χ0v) is 12.0. The Kier molecular flexibility index (Phi) is 2.86. The molecule has 0 saturated heterocycles. The minimum Gasteiger partial charge on any atom is -0.478 e. The second-order valence-corrected chi connectivity index (χ2v) is 5.15. The van der Waals surface area contributed by atoms with E-state index in [0.29, 0.717) is 16.6 Å². The zero-order valence-electron chi connectivity index (χ0n) is 12.0. The molecule has 0 saturated carbocycles. The molecular formula is C14H6F3N5O3. The molecule has 0 radical (unpaired) electrons. The standard InChI is InChI=1S/C14H6F3N5O3/c15-14(16,17)11-5(13(24)25)3-20-22(11)7-2-1-6-8-9(7)18-4-19-10(8)12(23)21-6/h1-4H,(H,21,23)(H,24,25). The number of carbonyl (C=O) groups excluding carboxylic acids is 1. The third-order valence-electron chi connectivity index (χ3n) is 3.73. The number of aromatic nitrogens is 4. The second kappa shape index (κ2) is 4.75. The maximum Gasteiger partial charge on any atom is 0.434 e. The van der Waals surface area contributed by atoms with E-state index >= 15 is 0 Å². The summed E-state index contributed by atoms with van der Waals surface area (Å²) in [6, 6.07) is 2.66. The lowest BCUT2D eigenvalue weighted by molar-refractivity contribution is -0.143. The summed E-state index contributed by atoms with van der Waals surface area (Å²) < 4.78 is 40.7. The lowest BCUT2D eigenvalue weighted by Gasteiger charge is -2.13. The number of alkyl halides is 3. The van der Waals surface area contributed by atoms with E-state index in [9.17, 15) is 22.8 Å². The number of benzene rings is 1. The lowest BCUT2D eigenvalue weighted by Crippen LogP contribution is -2.17. The summed E-state index contributed by atoms with van der Waals surface area (Å²) in [5.74, 6) is -2.25. The third-order valence-corrected chi connectivity index (χ3v) is 3.73. The molecule has 1 amide bonds. The van der Waals surface area contributed by atoms with Crippen LogP contribution in [0.2, 0.25) is 0 Å². The van der Waals surface area contributed by atoms with Gasteiger partial charge in [-0.25, -0.2) is 19.4 Å². The van der Waals surface area contributed by atoms with Gasteiger partial charge in [0.05, 0.1) is 23.0 Å². The Morgan fingerprint density at radius 1 is 1.24 bits per heavy atom. The van der Waals surface area contributed by atoms with E-state index < -0.39 is 29.3 Å². The molecule has 2 N–H and O–H groups in total. The van der Waals surface area contributed by atoms with Crippen molar-refractivity contribution in [2.75, 3.05) is 5.32 Å². The molecule has 0 fully saturated rings. The van der Waals surface area contributed by atoms with Crippen molar-refractivity contribution in [2.24, 2.45) is 0 Å². The smallest absolute Gasteiger partial charge is 0.434 e. The Morgan fingerprint density at radius 2 is 2.00 bits per heavy atom. The van der Waals surface area contributed by atoms with Crippen LogP contribution in [0.15, 0.2) is 24.7 Å². The summed E-state index contributed by atoms with van der Waals surface area (Å²) in [6.45, 7) is 0. The van der Waals surface area contributed by atoms with Crippen LogP contribution in [0.4, 0.5) is 18.9 Å². The van der Waals surface area contributed by atoms with Gasteiger partial charge < -0.3 is 10.4 Å². The number of hydrogen-bond donors (Lipinski definition) is 2. The maximum atomic E-state index is 13.4. The molecule has 3 heterocycles. The van der Waals surface area contributed by atoms with Gasteiger partial charge in [0, 0.05) is 0 Å². The Hall–Kier alpha value is -3.50. The maximum absolute atomic E-state index is 13.4. The number of halogens is 3. The summed E-state index contributed by atoms with van der Waals surface area (Å²) in [5.41, 5.74) is -2.10. The first kappa shape index (κ1) is 15.1. The van der Waals surface area contributed by atoms with Crippen molar-refractivity contribution in [3.63, 3.8) is 0 Å². The van der Waals surface area contributed by atoms with Crippen LogP contribution in [0, 0.1) is 0 Å². The molecule has 4 rings (SSSR count). The largest absolute Gasteiger partial charge is 0.478 e. The molecule has 0 unspecified atom stereocenters. The number of amides is 1. The molecule has 1 aliphatic rings. The summed E-state index contributed by atoms with van der Waals surface area (Å²) in [5, 5.41) is 15.4. The van der Waals surface area contributed by atoms with E-state index in [-0.39, 0.29) is 22.3 Å². The molecule has 1 aromatic carbocycles. The van der Waals surface area contributed by atoms with Gasteiger partial charge in [-0.2, -0.15) is 18.3 Å². The Labute approximate surface area is 135 Å². The van der Waals surface area contributed by atoms with Crippen molar-refractivity contribution in [1.29, 1.82) is 0 Å². The molecule has 11 heteroatoms. The molecule has 8 nitrogen and oxygen atoms in total. The van der Waals surface area contributed by atoms with Crippen molar-refractivity contribution in [3.05, 3.63) is 41.6 Å². The van der Waals surface area contributed by atoms with E-state index in [2.05, 4.69) is 20.4 Å². The van der Waals surface area contributed by atoms with Crippen molar-refractivity contribution in [3.8, 4) is 5.69 Å². The van der Waals surface area contributed by atoms with Gasteiger partial charge in [0.15, 0.2) is 5.69 Å². The summed E-state index contributed by atoms with van der Waals surface area (Å²) >= 11 is 0. The molecule has 2 aromatic heterocycles. The van der Waals surface area contributed by atoms with Gasteiger partial charge >= 0.3 is 12.1 Å². The zero-order chi connectivity index (χ0) is 17.9. The Balaban J connectivity index is 2.07. The van der Waals surface area contributed by atoms with Crippen LogP contribution in [-0.4, -0.2) is 36.7 Å². The van der Waals surface area contributed by atoms with Gasteiger partial charge in [-0.15, -0.1) is 0 Å². The van der Waals surface area contributed by atoms with Crippen molar-refractivity contribution < 1.29 is 27.9 Å². The van der Waals surface area contributed by atoms with E-state index in [4.69, 9.17) is 5.11 Å². The fraction of sp³-hybridized carbons (Fsp3) is 0.0714. The molecule has 3 aromatic rings. The number of aromatic carboxylic acids is 1. The first-order valence-electron chi connectivity index (χ1n) is 6.77. The third kappa shape index (κ3) is 2.05. The molecular weight excluding hydrogens is 343 g/mol. The van der Waals surface area contributed by atoms with E-state index in [1.165, 1.54) is 12.1 Å². The predicted molar refractivity (Wildman–Crippen MR) is 76.6 cm³/mol. The minimum atomic E-state index is -4.96. The number of hydrogen-bond acceptors (Lipinski definition) is 5. The highest BCUT2D eigenvalue weighted by atomic mass is 19.4. The van der Waals surface area contributed by atoms with Gasteiger partial charge in [-0.05, 0) is 12.1 Å². The van der Waals surface area contributed by atoms with Crippen LogP contribution < -0.4 is 5.32 Å². The topological polar surface area (TPSA) is 110 Å². The van der Waals surface area contributed by atoms with Gasteiger partial charge in [0.2, 0.25) is 0 Å². The minimum absolute atomic E-state index is 0.0287. The van der Waals surface area contributed by atoms with Crippen LogP contribution in [0.5, 0.6) is 0 Å². The molecule has 25 heavy (non-hydrogen) atoms. The summed E-state index contributed by atoms with van der Waals surface area (Å²) in [4.78, 5) is 30.7. The molecule has 0 atom stereocenters. The van der Waals surface area contributed by atoms with Crippen molar-refractivity contribution in [1.82, 2.24) is 19.7 Å². The van der Waals surface area contributed by atoms with Crippen LogP contribution >= 0.6 is 0 Å². The average Bonchev–Trinajstić information content (AvgIpc) is 3.11. The fourth-order valence-electron chi connectivity index (χ4n) is 2.75. The monoisotopic (exact) mass is 349 g/mol. The first-order valence-corrected chi connectivity index (χ1v) is 6.77. The summed E-state index contributed by atoms with van der Waals surface area (Å²) in [6.07, 6.45) is -3.29. The second-order valence-electron chi connectivity index (χ2n) is 5.15. The van der Waals surface area contributed by atoms with Gasteiger partial charge in [-0.3, -0.25) is 4.79 Å². The van der Waals surface area contributed by atoms with E-state index in [1.807, 2.05) is 0 Å². The number of carboxylic acids is 1. The Morgan fingerprint density at radius 3 is 2.68 bits per heavy atom. The average molecular weight is 349 g/mol. The fourth-order valence-corrected chi connectivity index (χ4v) is 2.75. The van der Waals surface area contributed by atoms with Crippen molar-refractivity contribution in [2.45, 2.75) is 6.18 Å². The molecule has 0 aliphatic carbocycles. The number of rotatable bonds is 2. The van der Waals surface area contributed by atoms with E-state index in [0.717, 1.165) is 6.33 Å². The first-order chi connectivity index (χ1) is 11.8. The SMILES string of the molecule is O=C(O)c1cnn(-c2ccc3c4c(ncnc24)C(=O)N3)c1C(F)(F)F. The lowest BCUT2D eigenvalue weighted by atomic mass is 10.1. The number of carbonyl (C=O) groups is 2. The van der Waals surface area contributed by atoms with Crippen molar-refractivity contribution >= 4 is 28.5 Å².